The lowest BCUT2D eigenvalue weighted by Crippen LogP contribution is -2.29. The van der Waals surface area contributed by atoms with Gasteiger partial charge in [-0.3, -0.25) is 18.6 Å². The van der Waals surface area contributed by atoms with Gasteiger partial charge >= 0.3 is 19.8 Å². The number of carbonyl (C=O) groups excluding carboxylic acids is 2. The van der Waals surface area contributed by atoms with E-state index in [0.717, 1.165) is 51.4 Å². The van der Waals surface area contributed by atoms with Crippen LogP contribution in [0, 0.1) is 0 Å². The fourth-order valence-electron chi connectivity index (χ4n) is 8.70. The van der Waals surface area contributed by atoms with Crippen molar-refractivity contribution in [3.8, 4) is 0 Å². The Morgan fingerprint density at radius 3 is 1.07 bits per heavy atom. The third-order valence-electron chi connectivity index (χ3n) is 13.2. The SMILES string of the molecule is CCCCCCC/C=C\C/C=C\CCCCCCCCCCCCCCCCCC(=O)OC(COC(=O)CCCCCCCCCCCCC/C=C\C/C=C\CCCCCCC)COP(=O)(O)OCCN. The van der Waals surface area contributed by atoms with Gasteiger partial charge in [0.2, 0.25) is 0 Å². The molecule has 0 fully saturated rings. The Balaban J connectivity index is 3.94. The highest BCUT2D eigenvalue weighted by molar-refractivity contribution is 7.47. The van der Waals surface area contributed by atoms with Crippen molar-refractivity contribution < 1.29 is 37.6 Å². The minimum absolute atomic E-state index is 0.0533. The van der Waals surface area contributed by atoms with E-state index in [9.17, 15) is 19.0 Å². The highest BCUT2D eigenvalue weighted by Gasteiger charge is 2.26. The number of ether oxygens (including phenoxy) is 2. The molecule has 0 aliphatic heterocycles. The van der Waals surface area contributed by atoms with Crippen LogP contribution in [0.2, 0.25) is 0 Å². The van der Waals surface area contributed by atoms with Gasteiger partial charge in [0.05, 0.1) is 13.2 Å². The quantitative estimate of drug-likeness (QED) is 0.0264. The topological polar surface area (TPSA) is 134 Å². The van der Waals surface area contributed by atoms with E-state index in [1.807, 2.05) is 0 Å². The lowest BCUT2D eigenvalue weighted by atomic mass is 10.0. The van der Waals surface area contributed by atoms with Gasteiger partial charge < -0.3 is 20.1 Å². The Morgan fingerprint density at radius 2 is 0.732 bits per heavy atom. The molecule has 0 saturated carbocycles. The summed E-state index contributed by atoms with van der Waals surface area (Å²) in [6.45, 7) is 3.76. The molecule has 416 valence electrons. The van der Waals surface area contributed by atoms with Gasteiger partial charge in [-0.05, 0) is 77.0 Å². The van der Waals surface area contributed by atoms with Crippen molar-refractivity contribution in [2.75, 3.05) is 26.4 Å². The lowest BCUT2D eigenvalue weighted by Gasteiger charge is -2.19. The molecule has 0 aromatic rings. The van der Waals surface area contributed by atoms with E-state index in [2.05, 4.69) is 62.5 Å². The van der Waals surface area contributed by atoms with E-state index in [1.54, 1.807) is 0 Å². The summed E-state index contributed by atoms with van der Waals surface area (Å²) >= 11 is 0. The number of hydrogen-bond acceptors (Lipinski definition) is 8. The van der Waals surface area contributed by atoms with E-state index < -0.39 is 26.5 Å². The normalized spacial score (nSPS) is 13.4. The van der Waals surface area contributed by atoms with Gasteiger partial charge in [0.1, 0.15) is 6.61 Å². The maximum absolute atomic E-state index is 12.7. The van der Waals surface area contributed by atoms with Crippen molar-refractivity contribution in [1.29, 1.82) is 0 Å². The highest BCUT2D eigenvalue weighted by atomic mass is 31.2. The van der Waals surface area contributed by atoms with Crippen LogP contribution in [0.1, 0.15) is 296 Å². The number of phosphoric ester groups is 1. The van der Waals surface area contributed by atoms with Crippen LogP contribution in [-0.4, -0.2) is 49.3 Å². The van der Waals surface area contributed by atoms with Gasteiger partial charge in [0, 0.05) is 19.4 Å². The van der Waals surface area contributed by atoms with Crippen LogP contribution in [0.15, 0.2) is 48.6 Å². The van der Waals surface area contributed by atoms with Crippen LogP contribution in [0.4, 0.5) is 0 Å². The standard InChI is InChI=1S/C61H114NO8P/c1-3-5-7-9-11-13-15-17-19-21-23-25-27-28-29-30-32-34-36-38-40-42-44-46-48-50-52-54-61(64)70-59(58-69-71(65,66)68-56-55-62)57-67-60(63)53-51-49-47-45-43-41-39-37-35-33-31-26-24-22-20-18-16-14-12-10-8-6-4-2/h15-18,21-24,59H,3-14,19-20,25-58,62H2,1-2H3,(H,65,66)/b17-15-,18-16-,23-21-,24-22-. The minimum atomic E-state index is -4.39. The van der Waals surface area contributed by atoms with Crippen LogP contribution >= 0.6 is 7.82 Å². The molecule has 2 unspecified atom stereocenters. The summed E-state index contributed by atoms with van der Waals surface area (Å²) in [4.78, 5) is 35.2. The second-order valence-corrected chi connectivity index (χ2v) is 21.7. The van der Waals surface area contributed by atoms with Gasteiger partial charge in [-0.15, -0.1) is 0 Å². The molecule has 10 heteroatoms. The maximum atomic E-state index is 12.7. The molecule has 0 bridgehead atoms. The fraction of sp³-hybridized carbons (Fsp3) is 0.836. The third-order valence-corrected chi connectivity index (χ3v) is 14.2. The second-order valence-electron chi connectivity index (χ2n) is 20.2. The monoisotopic (exact) mass is 1020 g/mol. The Hall–Kier alpha value is -2.03. The Labute approximate surface area is 438 Å². The fourth-order valence-corrected chi connectivity index (χ4v) is 9.46. The number of hydrogen-bond donors (Lipinski definition) is 2. The first-order valence-electron chi connectivity index (χ1n) is 30.1. The molecular formula is C61H114NO8P. The summed E-state index contributed by atoms with van der Waals surface area (Å²) in [5.74, 6) is -0.819. The second kappa shape index (κ2) is 57.3. The van der Waals surface area contributed by atoms with Crippen LogP contribution in [0.3, 0.4) is 0 Å². The Morgan fingerprint density at radius 1 is 0.423 bits per heavy atom. The molecular weight excluding hydrogens is 906 g/mol. The molecule has 0 saturated heterocycles. The molecule has 71 heavy (non-hydrogen) atoms. The molecule has 0 heterocycles. The first kappa shape index (κ1) is 69.0. The average Bonchev–Trinajstić information content (AvgIpc) is 3.36. The van der Waals surface area contributed by atoms with Crippen molar-refractivity contribution in [2.24, 2.45) is 5.73 Å². The highest BCUT2D eigenvalue weighted by Crippen LogP contribution is 2.43. The molecule has 9 nitrogen and oxygen atoms in total. The summed E-state index contributed by atoms with van der Waals surface area (Å²) in [5, 5.41) is 0. The molecule has 0 rings (SSSR count). The van der Waals surface area contributed by atoms with Crippen LogP contribution in [-0.2, 0) is 32.7 Å². The molecule has 0 radical (unpaired) electrons. The molecule has 0 aromatic heterocycles. The van der Waals surface area contributed by atoms with Gasteiger partial charge in [-0.1, -0.05) is 255 Å². The first-order chi connectivity index (χ1) is 34.8. The van der Waals surface area contributed by atoms with Gasteiger partial charge in [0.15, 0.2) is 6.10 Å². The predicted octanol–water partition coefficient (Wildman–Crippen LogP) is 19.0. The predicted molar refractivity (Wildman–Crippen MR) is 303 cm³/mol. The van der Waals surface area contributed by atoms with Crippen LogP contribution < -0.4 is 5.73 Å². The van der Waals surface area contributed by atoms with Crippen LogP contribution in [0.25, 0.3) is 0 Å². The van der Waals surface area contributed by atoms with E-state index in [0.29, 0.717) is 6.42 Å². The first-order valence-corrected chi connectivity index (χ1v) is 31.6. The maximum Gasteiger partial charge on any atom is 0.472 e. The number of phosphoric acid groups is 1. The van der Waals surface area contributed by atoms with Crippen molar-refractivity contribution >= 4 is 19.8 Å². The summed E-state index contributed by atoms with van der Waals surface area (Å²) in [5.41, 5.74) is 5.39. The van der Waals surface area contributed by atoms with Crippen LogP contribution in [0.5, 0.6) is 0 Å². The zero-order chi connectivity index (χ0) is 51.7. The number of esters is 2. The third kappa shape index (κ3) is 57.1. The minimum Gasteiger partial charge on any atom is -0.462 e. The summed E-state index contributed by atoms with van der Waals surface area (Å²) in [6, 6.07) is 0. The number of nitrogens with two attached hydrogens (primary N) is 1. The largest absolute Gasteiger partial charge is 0.472 e. The average molecular weight is 1020 g/mol. The molecule has 0 spiro atoms. The van der Waals surface area contributed by atoms with E-state index in [4.69, 9.17) is 24.3 Å². The van der Waals surface area contributed by atoms with Crippen molar-refractivity contribution in [2.45, 2.75) is 302 Å². The van der Waals surface area contributed by atoms with Crippen molar-refractivity contribution in [3.63, 3.8) is 0 Å². The van der Waals surface area contributed by atoms with Crippen molar-refractivity contribution in [3.05, 3.63) is 48.6 Å². The Bertz CT molecular complexity index is 1300. The number of unbranched alkanes of at least 4 members (excludes halogenated alkanes) is 36. The number of allylic oxidation sites excluding steroid dienone is 8. The number of carbonyl (C=O) groups is 2. The summed E-state index contributed by atoms with van der Waals surface area (Å²) < 4.78 is 33.1. The van der Waals surface area contributed by atoms with Crippen molar-refractivity contribution in [1.82, 2.24) is 0 Å². The lowest BCUT2D eigenvalue weighted by molar-refractivity contribution is -0.161. The van der Waals surface area contributed by atoms with Gasteiger partial charge in [-0.25, -0.2) is 4.57 Å². The smallest absolute Gasteiger partial charge is 0.462 e. The van der Waals surface area contributed by atoms with Gasteiger partial charge in [0.25, 0.3) is 0 Å². The molecule has 3 N–H and O–H groups in total. The van der Waals surface area contributed by atoms with E-state index >= 15 is 0 Å². The zero-order valence-corrected chi connectivity index (χ0v) is 47.4. The summed E-state index contributed by atoms with van der Waals surface area (Å²) in [7, 11) is -4.39. The Kier molecular flexibility index (Phi) is 55.6. The van der Waals surface area contributed by atoms with Gasteiger partial charge in [-0.2, -0.15) is 0 Å². The molecule has 0 amide bonds. The molecule has 2 atom stereocenters. The molecule has 0 aromatic carbocycles. The van der Waals surface area contributed by atoms with E-state index in [1.165, 1.54) is 212 Å². The van der Waals surface area contributed by atoms with E-state index in [-0.39, 0.29) is 38.6 Å². The molecule has 0 aliphatic carbocycles. The summed E-state index contributed by atoms with van der Waals surface area (Å²) in [6.07, 6.45) is 70.2. The zero-order valence-electron chi connectivity index (χ0n) is 46.5. The number of rotatable bonds is 57. The molecule has 0 aliphatic rings.